The summed E-state index contributed by atoms with van der Waals surface area (Å²) in [6.07, 6.45) is 1.70. The molecule has 6 nitrogen and oxygen atoms in total. The van der Waals surface area contributed by atoms with Gasteiger partial charge < -0.3 is 10.1 Å². The largest absolute Gasteiger partial charge is 0.497 e. The smallest absolute Gasteiger partial charge is 0.293 e. The third kappa shape index (κ3) is 5.07. The standard InChI is InChI=1S/C21H19BrN2O4S/c1-13-3-5-14(6-4-13)11-18-20(26)24(21(27)29-18)10-9-23-19(25)16-12-15(28-2)7-8-17(16)22/h3-8,11-12H,9-10H2,1-2H3,(H,23,25)/b18-11-. The van der Waals surface area contributed by atoms with Crippen molar-refractivity contribution in [3.05, 3.63) is 68.5 Å². The van der Waals surface area contributed by atoms with Crippen molar-refractivity contribution in [3.8, 4) is 5.75 Å². The highest BCUT2D eigenvalue weighted by Gasteiger charge is 2.34. The molecule has 0 radical (unpaired) electrons. The SMILES string of the molecule is COc1ccc(Br)c(C(=O)NCCN2C(=O)S/C(=C\c3ccc(C)cc3)C2=O)c1. The molecule has 1 aliphatic rings. The Morgan fingerprint density at radius 1 is 1.21 bits per heavy atom. The monoisotopic (exact) mass is 474 g/mol. The molecular formula is C21H19BrN2O4S. The Bertz CT molecular complexity index is 989. The zero-order valence-electron chi connectivity index (χ0n) is 15.9. The summed E-state index contributed by atoms with van der Waals surface area (Å²) in [5.74, 6) is -0.110. The predicted octanol–water partition coefficient (Wildman–Crippen LogP) is 4.23. The number of rotatable bonds is 6. The van der Waals surface area contributed by atoms with Crippen molar-refractivity contribution < 1.29 is 19.1 Å². The number of ether oxygens (including phenoxy) is 1. The summed E-state index contributed by atoms with van der Waals surface area (Å²) in [6.45, 7) is 2.23. The highest BCUT2D eigenvalue weighted by molar-refractivity contribution is 9.10. The van der Waals surface area contributed by atoms with Crippen LogP contribution in [-0.4, -0.2) is 42.2 Å². The Morgan fingerprint density at radius 2 is 1.93 bits per heavy atom. The average Bonchev–Trinajstić information content (AvgIpc) is 2.97. The fraction of sp³-hybridized carbons (Fsp3) is 0.190. The van der Waals surface area contributed by atoms with Crippen LogP contribution in [0.1, 0.15) is 21.5 Å². The highest BCUT2D eigenvalue weighted by atomic mass is 79.9. The van der Waals surface area contributed by atoms with Crippen molar-refractivity contribution in [2.45, 2.75) is 6.92 Å². The van der Waals surface area contributed by atoms with Crippen LogP contribution in [0.25, 0.3) is 6.08 Å². The number of amides is 3. The number of nitrogens with zero attached hydrogens (tertiary/aromatic N) is 1. The average molecular weight is 475 g/mol. The molecule has 1 heterocycles. The number of hydrogen-bond acceptors (Lipinski definition) is 5. The van der Waals surface area contributed by atoms with E-state index in [0.717, 1.165) is 27.8 Å². The van der Waals surface area contributed by atoms with E-state index >= 15 is 0 Å². The second-order valence-corrected chi connectivity index (χ2v) is 8.19. The molecule has 3 amide bonds. The molecule has 0 saturated carbocycles. The van der Waals surface area contributed by atoms with E-state index in [1.54, 1.807) is 24.3 Å². The van der Waals surface area contributed by atoms with Gasteiger partial charge in [-0.05, 0) is 64.5 Å². The van der Waals surface area contributed by atoms with Crippen LogP contribution in [0.4, 0.5) is 4.79 Å². The van der Waals surface area contributed by atoms with E-state index in [0.29, 0.717) is 20.7 Å². The number of benzene rings is 2. The fourth-order valence-corrected chi connectivity index (χ4v) is 3.98. The summed E-state index contributed by atoms with van der Waals surface area (Å²) in [5.41, 5.74) is 2.39. The maximum Gasteiger partial charge on any atom is 0.293 e. The Labute approximate surface area is 181 Å². The zero-order valence-corrected chi connectivity index (χ0v) is 18.3. The molecule has 2 aromatic carbocycles. The number of carbonyl (C=O) groups is 3. The zero-order chi connectivity index (χ0) is 21.0. The minimum atomic E-state index is -0.350. The van der Waals surface area contributed by atoms with Crippen LogP contribution in [-0.2, 0) is 4.79 Å². The fourth-order valence-electron chi connectivity index (χ4n) is 2.69. The molecule has 0 aromatic heterocycles. The quantitative estimate of drug-likeness (QED) is 0.633. The molecule has 1 saturated heterocycles. The summed E-state index contributed by atoms with van der Waals surface area (Å²) < 4.78 is 5.76. The van der Waals surface area contributed by atoms with E-state index in [2.05, 4.69) is 21.2 Å². The first-order valence-electron chi connectivity index (χ1n) is 8.83. The third-order valence-electron chi connectivity index (χ3n) is 4.29. The molecule has 0 spiro atoms. The Kier molecular flexibility index (Phi) is 6.76. The summed E-state index contributed by atoms with van der Waals surface area (Å²) in [7, 11) is 1.52. The number of halogens is 1. The predicted molar refractivity (Wildman–Crippen MR) is 117 cm³/mol. The van der Waals surface area contributed by atoms with Gasteiger partial charge in [-0.25, -0.2) is 0 Å². The van der Waals surface area contributed by atoms with E-state index < -0.39 is 0 Å². The first-order chi connectivity index (χ1) is 13.9. The number of carbonyl (C=O) groups excluding carboxylic acids is 3. The number of methoxy groups -OCH3 is 1. The van der Waals surface area contributed by atoms with Crippen LogP contribution in [0, 0.1) is 6.92 Å². The van der Waals surface area contributed by atoms with Crippen LogP contribution in [0.5, 0.6) is 5.75 Å². The van der Waals surface area contributed by atoms with Crippen molar-refractivity contribution in [2.24, 2.45) is 0 Å². The Hall–Kier alpha value is -2.58. The molecular weight excluding hydrogens is 456 g/mol. The third-order valence-corrected chi connectivity index (χ3v) is 5.89. The minimum absolute atomic E-state index is 0.100. The molecule has 0 aliphatic carbocycles. The molecule has 0 atom stereocenters. The van der Waals surface area contributed by atoms with Crippen molar-refractivity contribution in [3.63, 3.8) is 0 Å². The normalized spacial score (nSPS) is 15.1. The van der Waals surface area contributed by atoms with Gasteiger partial charge in [-0.3, -0.25) is 19.3 Å². The van der Waals surface area contributed by atoms with E-state index in [1.807, 2.05) is 31.2 Å². The number of nitrogens with one attached hydrogen (secondary N) is 1. The first-order valence-corrected chi connectivity index (χ1v) is 10.4. The van der Waals surface area contributed by atoms with Gasteiger partial charge in [0.1, 0.15) is 5.75 Å². The molecule has 0 unspecified atom stereocenters. The molecule has 1 N–H and O–H groups in total. The molecule has 1 aliphatic heterocycles. The topological polar surface area (TPSA) is 75.7 Å². The van der Waals surface area contributed by atoms with Gasteiger partial charge in [-0.1, -0.05) is 29.8 Å². The Morgan fingerprint density at radius 3 is 2.62 bits per heavy atom. The molecule has 1 fully saturated rings. The molecule has 29 heavy (non-hydrogen) atoms. The molecule has 0 bridgehead atoms. The first kappa shape index (κ1) is 21.1. The maximum atomic E-state index is 12.5. The van der Waals surface area contributed by atoms with Crippen LogP contribution >= 0.6 is 27.7 Å². The lowest BCUT2D eigenvalue weighted by molar-refractivity contribution is -0.122. The van der Waals surface area contributed by atoms with Gasteiger partial charge in [0.25, 0.3) is 17.1 Å². The second-order valence-electron chi connectivity index (χ2n) is 6.35. The number of thioether (sulfide) groups is 1. The van der Waals surface area contributed by atoms with Gasteiger partial charge in [0.15, 0.2) is 0 Å². The van der Waals surface area contributed by atoms with Crippen LogP contribution in [0.3, 0.4) is 0 Å². The van der Waals surface area contributed by atoms with Crippen LogP contribution in [0.15, 0.2) is 51.8 Å². The summed E-state index contributed by atoms with van der Waals surface area (Å²) in [6, 6.07) is 12.8. The van der Waals surface area contributed by atoms with E-state index in [1.165, 1.54) is 7.11 Å². The number of aryl methyl sites for hydroxylation is 1. The maximum absolute atomic E-state index is 12.5. The van der Waals surface area contributed by atoms with Gasteiger partial charge in [-0.2, -0.15) is 0 Å². The number of hydrogen-bond donors (Lipinski definition) is 1. The van der Waals surface area contributed by atoms with Crippen molar-refractivity contribution >= 4 is 50.8 Å². The van der Waals surface area contributed by atoms with Gasteiger partial charge in [0.2, 0.25) is 0 Å². The van der Waals surface area contributed by atoms with Gasteiger partial charge in [-0.15, -0.1) is 0 Å². The van der Waals surface area contributed by atoms with E-state index in [-0.39, 0.29) is 30.1 Å². The Balaban J connectivity index is 1.61. The lowest BCUT2D eigenvalue weighted by atomic mass is 10.1. The summed E-state index contributed by atoms with van der Waals surface area (Å²) >= 11 is 4.24. The van der Waals surface area contributed by atoms with Crippen molar-refractivity contribution in [2.75, 3.05) is 20.2 Å². The lowest BCUT2D eigenvalue weighted by Crippen LogP contribution is -2.37. The van der Waals surface area contributed by atoms with Crippen molar-refractivity contribution in [1.29, 1.82) is 0 Å². The summed E-state index contributed by atoms with van der Waals surface area (Å²) in [4.78, 5) is 38.7. The highest BCUT2D eigenvalue weighted by Crippen LogP contribution is 2.32. The summed E-state index contributed by atoms with van der Waals surface area (Å²) in [5, 5.41) is 2.39. The lowest BCUT2D eigenvalue weighted by Gasteiger charge is -2.13. The van der Waals surface area contributed by atoms with Crippen molar-refractivity contribution in [1.82, 2.24) is 10.2 Å². The molecule has 3 rings (SSSR count). The second kappa shape index (κ2) is 9.28. The molecule has 150 valence electrons. The molecule has 8 heteroatoms. The van der Waals surface area contributed by atoms with Gasteiger partial charge in [0, 0.05) is 17.6 Å². The number of imide groups is 1. The van der Waals surface area contributed by atoms with Gasteiger partial charge in [0.05, 0.1) is 17.6 Å². The van der Waals surface area contributed by atoms with E-state index in [4.69, 9.17) is 4.74 Å². The van der Waals surface area contributed by atoms with E-state index in [9.17, 15) is 14.4 Å². The van der Waals surface area contributed by atoms with Gasteiger partial charge >= 0.3 is 0 Å². The minimum Gasteiger partial charge on any atom is -0.497 e. The molecule has 2 aromatic rings. The van der Waals surface area contributed by atoms with Crippen LogP contribution in [0.2, 0.25) is 0 Å². The van der Waals surface area contributed by atoms with Crippen LogP contribution < -0.4 is 10.1 Å².